The molecule has 5 fully saturated rings. The third-order valence-electron chi connectivity index (χ3n) is 14.9. The Morgan fingerprint density at radius 3 is 2.24 bits per heavy atom. The molecule has 0 saturated heterocycles. The predicted octanol–water partition coefficient (Wildman–Crippen LogP) is 8.03. The van der Waals surface area contributed by atoms with Gasteiger partial charge in [-0.05, 0) is 134 Å². The first-order valence-corrected chi connectivity index (χ1v) is 17.3. The molecular formula is C39H54O6. The fourth-order valence-corrected chi connectivity index (χ4v) is 12.8. The van der Waals surface area contributed by atoms with Gasteiger partial charge in [-0.25, -0.2) is 4.79 Å². The van der Waals surface area contributed by atoms with Crippen LogP contribution in [-0.2, 0) is 14.3 Å². The van der Waals surface area contributed by atoms with E-state index in [1.165, 1.54) is 6.08 Å². The highest BCUT2D eigenvalue weighted by Gasteiger charge is 2.72. The molecule has 11 atom stereocenters. The van der Waals surface area contributed by atoms with Crippen molar-refractivity contribution in [1.82, 2.24) is 0 Å². The standard InChI is InChI=1S/C39H54O6/c1-23(2)26-16-19-39(34(43)44)21-20-37(6)27(32(26)39)13-14-30-36(5)22-28(41)33(35(3,4)29(36)17-18-38(30,37)7)45-31(42)15-10-24-8-11-25(40)12-9-24/h8-12,15,26-30,32-33,40-41H,1,13-14,16-22H2,2-7H3,(H,43,44)/b15-10-/t26-,27-,28+,29-,30+,32-,33-,36-,37+,38+,39-/m0/s1. The van der Waals surface area contributed by atoms with E-state index >= 15 is 0 Å². The molecule has 0 spiro atoms. The van der Waals surface area contributed by atoms with Gasteiger partial charge in [-0.2, -0.15) is 0 Å². The van der Waals surface area contributed by atoms with Crippen molar-refractivity contribution in [2.24, 2.45) is 56.7 Å². The molecule has 0 bridgehead atoms. The van der Waals surface area contributed by atoms with Crippen molar-refractivity contribution in [3.8, 4) is 5.75 Å². The number of ether oxygens (including phenoxy) is 1. The van der Waals surface area contributed by atoms with Crippen molar-refractivity contribution in [3.63, 3.8) is 0 Å². The second-order valence-corrected chi connectivity index (χ2v) is 17.0. The highest BCUT2D eigenvalue weighted by Crippen LogP contribution is 2.77. The number of benzene rings is 1. The third-order valence-corrected chi connectivity index (χ3v) is 14.9. The summed E-state index contributed by atoms with van der Waals surface area (Å²) in [6, 6.07) is 6.62. The van der Waals surface area contributed by atoms with Crippen LogP contribution >= 0.6 is 0 Å². The summed E-state index contributed by atoms with van der Waals surface area (Å²) in [6.45, 7) is 18.2. The zero-order valence-electron chi connectivity index (χ0n) is 28.1. The largest absolute Gasteiger partial charge is 0.508 e. The molecule has 5 saturated carbocycles. The quantitative estimate of drug-likeness (QED) is 0.175. The number of phenolic OH excluding ortho intramolecular Hbond substituents is 1. The predicted molar refractivity (Wildman–Crippen MR) is 175 cm³/mol. The molecule has 246 valence electrons. The Balaban J connectivity index is 1.27. The molecule has 6 rings (SSSR count). The topological polar surface area (TPSA) is 104 Å². The summed E-state index contributed by atoms with van der Waals surface area (Å²) in [5, 5.41) is 31.9. The van der Waals surface area contributed by atoms with E-state index in [0.717, 1.165) is 62.5 Å². The molecule has 1 aromatic rings. The Bertz CT molecular complexity index is 1390. The molecule has 45 heavy (non-hydrogen) atoms. The monoisotopic (exact) mass is 618 g/mol. The van der Waals surface area contributed by atoms with Crippen LogP contribution in [0.15, 0.2) is 42.5 Å². The maximum absolute atomic E-state index is 13.0. The van der Waals surface area contributed by atoms with Crippen LogP contribution in [0.3, 0.4) is 0 Å². The molecule has 1 aromatic carbocycles. The van der Waals surface area contributed by atoms with Gasteiger partial charge in [0.15, 0.2) is 0 Å². The van der Waals surface area contributed by atoms with Gasteiger partial charge in [0.05, 0.1) is 11.5 Å². The summed E-state index contributed by atoms with van der Waals surface area (Å²) in [4.78, 5) is 26.0. The number of rotatable bonds is 5. The summed E-state index contributed by atoms with van der Waals surface area (Å²) in [7, 11) is 0. The van der Waals surface area contributed by atoms with Crippen molar-refractivity contribution in [3.05, 3.63) is 48.1 Å². The first-order valence-electron chi connectivity index (χ1n) is 17.3. The Morgan fingerprint density at radius 1 is 0.911 bits per heavy atom. The van der Waals surface area contributed by atoms with E-state index in [1.807, 2.05) is 0 Å². The Hall–Kier alpha value is -2.60. The van der Waals surface area contributed by atoms with Gasteiger partial charge in [0, 0.05) is 11.5 Å². The number of allylic oxidation sites excluding steroid dienone is 1. The number of carboxylic acids is 1. The highest BCUT2D eigenvalue weighted by atomic mass is 16.6. The summed E-state index contributed by atoms with van der Waals surface area (Å²) in [5.41, 5.74) is 0.796. The SMILES string of the molecule is C=C(C)[C@@H]1CC[C@]2(C(=O)O)CC[C@]3(C)[C@@H](CC[C@@H]4[C@@]5(C)C[C@@H](O)[C@H](OC(=O)/C=C\c6ccc(O)cc6)C(C)(C)[C@@H]5CC[C@]43C)[C@H]12. The fourth-order valence-electron chi connectivity index (χ4n) is 12.8. The van der Waals surface area contributed by atoms with Crippen LogP contribution in [0.2, 0.25) is 0 Å². The number of carbonyl (C=O) groups is 2. The molecule has 5 aliphatic rings. The van der Waals surface area contributed by atoms with Crippen LogP contribution in [0.4, 0.5) is 0 Å². The van der Waals surface area contributed by atoms with Crippen LogP contribution in [0.25, 0.3) is 6.08 Å². The molecule has 6 nitrogen and oxygen atoms in total. The van der Waals surface area contributed by atoms with Gasteiger partial charge in [-0.1, -0.05) is 58.9 Å². The number of aliphatic hydroxyl groups is 1. The van der Waals surface area contributed by atoms with Gasteiger partial charge in [0.25, 0.3) is 0 Å². The summed E-state index contributed by atoms with van der Waals surface area (Å²) in [5.74, 6) is 0.537. The number of aromatic hydroxyl groups is 1. The van der Waals surface area contributed by atoms with Crippen LogP contribution in [0.5, 0.6) is 5.75 Å². The second kappa shape index (κ2) is 10.7. The van der Waals surface area contributed by atoms with Gasteiger partial charge in [-0.15, -0.1) is 0 Å². The number of carboxylic acid groups (broad SMARTS) is 1. The summed E-state index contributed by atoms with van der Waals surface area (Å²) in [6.07, 6.45) is 9.82. The molecule has 3 N–H and O–H groups in total. The third kappa shape index (κ3) is 4.58. The van der Waals surface area contributed by atoms with E-state index in [2.05, 4.69) is 48.1 Å². The number of carbonyl (C=O) groups excluding carboxylic acids is 1. The minimum atomic E-state index is -0.770. The van der Waals surface area contributed by atoms with Gasteiger partial charge in [-0.3, -0.25) is 4.79 Å². The van der Waals surface area contributed by atoms with Crippen molar-refractivity contribution in [2.75, 3.05) is 0 Å². The maximum Gasteiger partial charge on any atom is 0.331 e. The van der Waals surface area contributed by atoms with Crippen molar-refractivity contribution < 1.29 is 29.6 Å². The van der Waals surface area contributed by atoms with Crippen molar-refractivity contribution >= 4 is 18.0 Å². The summed E-state index contributed by atoms with van der Waals surface area (Å²) < 4.78 is 6.05. The molecule has 0 unspecified atom stereocenters. The first-order chi connectivity index (χ1) is 21.0. The van der Waals surface area contributed by atoms with Gasteiger partial charge in [0.2, 0.25) is 0 Å². The van der Waals surface area contributed by atoms with Gasteiger partial charge in [0.1, 0.15) is 11.9 Å². The number of fused-ring (bicyclic) bond motifs is 7. The lowest BCUT2D eigenvalue weighted by Crippen LogP contribution is -2.69. The Labute approximate surface area is 269 Å². The van der Waals surface area contributed by atoms with Crippen molar-refractivity contribution in [1.29, 1.82) is 0 Å². The smallest absolute Gasteiger partial charge is 0.331 e. The Morgan fingerprint density at radius 2 is 1.60 bits per heavy atom. The first kappa shape index (κ1) is 32.3. The lowest BCUT2D eigenvalue weighted by molar-refractivity contribution is -0.265. The Kier molecular flexibility index (Phi) is 7.70. The van der Waals surface area contributed by atoms with Crippen LogP contribution in [-0.4, -0.2) is 39.5 Å². The van der Waals surface area contributed by atoms with E-state index < -0.39 is 35.0 Å². The molecule has 5 aliphatic carbocycles. The van der Waals surface area contributed by atoms with Crippen LogP contribution in [0, 0.1) is 56.7 Å². The number of phenols is 1. The molecule has 0 aromatic heterocycles. The molecule has 0 radical (unpaired) electrons. The van der Waals surface area contributed by atoms with E-state index in [-0.39, 0.29) is 39.7 Å². The fraction of sp³-hybridized carbons (Fsp3) is 0.692. The molecule has 0 aliphatic heterocycles. The number of aliphatic carboxylic acids is 1. The average molecular weight is 619 g/mol. The number of hydrogen-bond donors (Lipinski definition) is 3. The van der Waals surface area contributed by atoms with E-state index in [0.29, 0.717) is 18.3 Å². The van der Waals surface area contributed by atoms with E-state index in [4.69, 9.17) is 4.74 Å². The number of esters is 1. The molecule has 0 amide bonds. The molecule has 6 heteroatoms. The minimum absolute atomic E-state index is 0.0169. The average Bonchev–Trinajstić information content (AvgIpc) is 3.37. The zero-order chi connectivity index (χ0) is 32.7. The lowest BCUT2D eigenvalue weighted by Gasteiger charge is -2.73. The lowest BCUT2D eigenvalue weighted by atomic mass is 9.32. The number of aliphatic hydroxyl groups excluding tert-OH is 1. The highest BCUT2D eigenvalue weighted by molar-refractivity contribution is 5.87. The zero-order valence-corrected chi connectivity index (χ0v) is 28.1. The van der Waals surface area contributed by atoms with Crippen LogP contribution < -0.4 is 0 Å². The van der Waals surface area contributed by atoms with Gasteiger partial charge >= 0.3 is 11.9 Å². The second-order valence-electron chi connectivity index (χ2n) is 17.0. The van der Waals surface area contributed by atoms with Gasteiger partial charge < -0.3 is 20.1 Å². The minimum Gasteiger partial charge on any atom is -0.508 e. The van der Waals surface area contributed by atoms with E-state index in [9.17, 15) is 24.9 Å². The normalized spacial score (nSPS) is 45.1. The van der Waals surface area contributed by atoms with E-state index in [1.54, 1.807) is 30.3 Å². The van der Waals surface area contributed by atoms with Crippen molar-refractivity contribution in [2.45, 2.75) is 112 Å². The summed E-state index contributed by atoms with van der Waals surface area (Å²) >= 11 is 0. The number of hydrogen-bond acceptors (Lipinski definition) is 5. The van der Waals surface area contributed by atoms with Crippen LogP contribution in [0.1, 0.15) is 105 Å². The molecule has 0 heterocycles. The maximum atomic E-state index is 13.0. The molecular weight excluding hydrogens is 564 g/mol.